The number of nitro benzene ring substituents is 1. The van der Waals surface area contributed by atoms with Crippen LogP contribution >= 0.6 is 30.8 Å². The van der Waals surface area contributed by atoms with Gasteiger partial charge in [0.15, 0.2) is 0 Å². The van der Waals surface area contributed by atoms with E-state index in [2.05, 4.69) is 0 Å². The first-order valence-corrected chi connectivity index (χ1v) is 13.2. The minimum atomic E-state index is -4.28. The van der Waals surface area contributed by atoms with Gasteiger partial charge in [-0.2, -0.15) is 0 Å². The zero-order valence-corrected chi connectivity index (χ0v) is 21.4. The van der Waals surface area contributed by atoms with Crippen LogP contribution in [0, 0.1) is 10.1 Å². The molecule has 0 heterocycles. The van der Waals surface area contributed by atoms with Gasteiger partial charge in [0, 0.05) is 24.2 Å². The Bertz CT molecular complexity index is 1360. The van der Waals surface area contributed by atoms with E-state index in [0.717, 1.165) is 0 Å². The minimum absolute atomic E-state index is 0.0792. The number of carboxylic acids is 1. The van der Waals surface area contributed by atoms with Gasteiger partial charge in [-0.05, 0) is 41.0 Å². The Hall–Kier alpha value is -3.27. The number of carbonyl (C=O) groups is 2. The van der Waals surface area contributed by atoms with Gasteiger partial charge < -0.3 is 19.8 Å². The first-order chi connectivity index (χ1) is 17.3. The van der Waals surface area contributed by atoms with Crippen molar-refractivity contribution in [2.75, 3.05) is 0 Å². The van der Waals surface area contributed by atoms with Crippen LogP contribution in [0.4, 0.5) is 5.69 Å². The average Bonchev–Trinajstić information content (AvgIpc) is 2.82. The third kappa shape index (κ3) is 7.85. The van der Waals surface area contributed by atoms with Gasteiger partial charge in [0.25, 0.3) is 11.6 Å². The molecule has 1 unspecified atom stereocenters. The fraction of sp³-hybridized carbons (Fsp3) is 0.167. The van der Waals surface area contributed by atoms with Crippen LogP contribution < -0.4 is 0 Å². The number of halogens is 2. The fourth-order valence-corrected chi connectivity index (χ4v) is 4.69. The molecule has 3 N–H and O–H groups in total. The van der Waals surface area contributed by atoms with E-state index in [0.29, 0.717) is 16.7 Å². The summed E-state index contributed by atoms with van der Waals surface area (Å²) in [6.07, 6.45) is -0.934. The summed E-state index contributed by atoms with van der Waals surface area (Å²) in [7, 11) is -4.28. The normalized spacial score (nSPS) is 12.1. The number of hydrogen-bond acceptors (Lipinski definition) is 5. The number of rotatable bonds is 10. The van der Waals surface area contributed by atoms with Crippen LogP contribution in [-0.4, -0.2) is 36.6 Å². The predicted molar refractivity (Wildman–Crippen MR) is 137 cm³/mol. The van der Waals surface area contributed by atoms with Crippen LogP contribution in [0.1, 0.15) is 39.5 Å². The molecule has 194 valence electrons. The molecule has 0 spiro atoms. The van der Waals surface area contributed by atoms with Crippen molar-refractivity contribution in [3.8, 4) is 0 Å². The standard InChI is InChI=1S/C24H21Cl2N2O8P/c25-20-10-7-18(11-21(20)26)22(12-23(29)30)27(24(31)17-5-8-19(9-6-17)28(32)33)13-15-1-3-16(4-2-15)14-37(34,35)36/h1-11,22H,12-14H2,(H,29,30)(H2,34,35,36). The highest BCUT2D eigenvalue weighted by Crippen LogP contribution is 2.39. The van der Waals surface area contributed by atoms with E-state index in [1.807, 2.05) is 0 Å². The van der Waals surface area contributed by atoms with Crippen LogP contribution in [0.5, 0.6) is 0 Å². The van der Waals surface area contributed by atoms with E-state index in [4.69, 9.17) is 23.2 Å². The summed E-state index contributed by atoms with van der Waals surface area (Å²) in [6.45, 7) is -0.0792. The lowest BCUT2D eigenvalue weighted by atomic mass is 9.99. The molecule has 0 saturated carbocycles. The van der Waals surface area contributed by atoms with Gasteiger partial charge in [-0.25, -0.2) is 0 Å². The molecule has 37 heavy (non-hydrogen) atoms. The van der Waals surface area contributed by atoms with E-state index in [1.165, 1.54) is 53.4 Å². The molecule has 3 rings (SSSR count). The maximum atomic E-state index is 13.6. The maximum absolute atomic E-state index is 13.6. The van der Waals surface area contributed by atoms with Crippen LogP contribution in [0.2, 0.25) is 10.0 Å². The van der Waals surface area contributed by atoms with Gasteiger partial charge in [-0.15, -0.1) is 0 Å². The van der Waals surface area contributed by atoms with Crippen molar-refractivity contribution in [3.63, 3.8) is 0 Å². The third-order valence-corrected chi connectivity index (χ3v) is 6.94. The SMILES string of the molecule is O=C(O)CC(c1ccc(Cl)c(Cl)c1)N(Cc1ccc(CP(=O)(O)O)cc1)C(=O)c1ccc([N+](=O)[O-])cc1. The molecular formula is C24H21Cl2N2O8P. The van der Waals surface area contributed by atoms with Crippen LogP contribution in [-0.2, 0) is 22.1 Å². The third-order valence-electron chi connectivity index (χ3n) is 5.42. The van der Waals surface area contributed by atoms with Crippen molar-refractivity contribution in [1.82, 2.24) is 4.90 Å². The quantitative estimate of drug-likeness (QED) is 0.166. The lowest BCUT2D eigenvalue weighted by Gasteiger charge is -2.32. The van der Waals surface area contributed by atoms with Gasteiger partial charge >= 0.3 is 13.6 Å². The summed E-state index contributed by atoms with van der Waals surface area (Å²) in [5.74, 6) is -1.78. The van der Waals surface area contributed by atoms with Crippen molar-refractivity contribution in [1.29, 1.82) is 0 Å². The molecule has 1 amide bonds. The molecule has 0 fully saturated rings. The Balaban J connectivity index is 2.05. The fourth-order valence-electron chi connectivity index (χ4n) is 3.69. The van der Waals surface area contributed by atoms with Gasteiger partial charge in [0.1, 0.15) is 0 Å². The van der Waals surface area contributed by atoms with E-state index in [9.17, 15) is 39.2 Å². The Labute approximate surface area is 221 Å². The highest BCUT2D eigenvalue weighted by Gasteiger charge is 2.29. The Morgan fingerprint density at radius 1 is 0.946 bits per heavy atom. The molecule has 0 aliphatic carbocycles. The maximum Gasteiger partial charge on any atom is 0.329 e. The van der Waals surface area contributed by atoms with Crippen LogP contribution in [0.3, 0.4) is 0 Å². The van der Waals surface area contributed by atoms with E-state index in [1.54, 1.807) is 18.2 Å². The van der Waals surface area contributed by atoms with Crippen molar-refractivity contribution < 1.29 is 34.0 Å². The molecule has 3 aromatic carbocycles. The summed E-state index contributed by atoms with van der Waals surface area (Å²) >= 11 is 12.2. The number of carbonyl (C=O) groups excluding carboxylic acids is 1. The summed E-state index contributed by atoms with van der Waals surface area (Å²) in [4.78, 5) is 55.6. The van der Waals surface area contributed by atoms with E-state index >= 15 is 0 Å². The van der Waals surface area contributed by atoms with Crippen molar-refractivity contribution in [2.24, 2.45) is 0 Å². The number of amides is 1. The second-order valence-electron chi connectivity index (χ2n) is 8.16. The van der Waals surface area contributed by atoms with Gasteiger partial charge in [0.05, 0.1) is 33.6 Å². The molecule has 1 atom stereocenters. The molecule has 3 aromatic rings. The second-order valence-corrected chi connectivity index (χ2v) is 10.6. The number of nitro groups is 1. The van der Waals surface area contributed by atoms with Gasteiger partial charge in [-0.1, -0.05) is 53.5 Å². The first kappa shape index (κ1) is 28.3. The molecule has 13 heteroatoms. The molecule has 0 aliphatic heterocycles. The van der Waals surface area contributed by atoms with E-state index in [-0.39, 0.29) is 27.8 Å². The molecular weight excluding hydrogens is 546 g/mol. The van der Waals surface area contributed by atoms with Crippen LogP contribution in [0.25, 0.3) is 0 Å². The topological polar surface area (TPSA) is 158 Å². The van der Waals surface area contributed by atoms with E-state index < -0.39 is 43.0 Å². The largest absolute Gasteiger partial charge is 0.481 e. The highest BCUT2D eigenvalue weighted by atomic mass is 35.5. The van der Waals surface area contributed by atoms with Crippen molar-refractivity contribution in [2.45, 2.75) is 25.2 Å². The van der Waals surface area contributed by atoms with Crippen molar-refractivity contribution >= 4 is 48.4 Å². The van der Waals surface area contributed by atoms with Gasteiger partial charge in [-0.3, -0.25) is 24.3 Å². The lowest BCUT2D eigenvalue weighted by Crippen LogP contribution is -2.35. The first-order valence-electron chi connectivity index (χ1n) is 10.7. The number of non-ortho nitro benzene ring substituents is 1. The van der Waals surface area contributed by atoms with Crippen molar-refractivity contribution in [3.05, 3.63) is 109 Å². The monoisotopic (exact) mass is 566 g/mol. The van der Waals surface area contributed by atoms with Crippen LogP contribution in [0.15, 0.2) is 66.7 Å². The Kier molecular flexibility index (Phi) is 9.07. The predicted octanol–water partition coefficient (Wildman–Crippen LogP) is 5.44. The zero-order valence-electron chi connectivity index (χ0n) is 19.0. The summed E-state index contributed by atoms with van der Waals surface area (Å²) in [6, 6.07) is 14.6. The Morgan fingerprint density at radius 2 is 1.54 bits per heavy atom. The number of nitrogens with zero attached hydrogens (tertiary/aromatic N) is 2. The number of hydrogen-bond donors (Lipinski definition) is 3. The number of aliphatic carboxylic acids is 1. The number of carboxylic acid groups (broad SMARTS) is 1. The highest BCUT2D eigenvalue weighted by molar-refractivity contribution is 7.50. The molecule has 0 saturated heterocycles. The van der Waals surface area contributed by atoms with Gasteiger partial charge in [0.2, 0.25) is 0 Å². The molecule has 10 nitrogen and oxygen atoms in total. The molecule has 0 aromatic heterocycles. The molecule has 0 aliphatic rings. The number of benzene rings is 3. The summed E-state index contributed by atoms with van der Waals surface area (Å²) in [5, 5.41) is 21.1. The Morgan fingerprint density at radius 3 is 2.05 bits per heavy atom. The molecule has 0 radical (unpaired) electrons. The average molecular weight is 567 g/mol. The summed E-state index contributed by atoms with van der Waals surface area (Å²) < 4.78 is 11.3. The summed E-state index contributed by atoms with van der Waals surface area (Å²) in [5.41, 5.74) is 1.23. The smallest absolute Gasteiger partial charge is 0.329 e. The zero-order chi connectivity index (χ0) is 27.3. The second kappa shape index (κ2) is 11.9. The lowest BCUT2D eigenvalue weighted by molar-refractivity contribution is -0.384. The minimum Gasteiger partial charge on any atom is -0.481 e. The molecule has 0 bridgehead atoms.